The number of benzene rings is 2. The van der Waals surface area contributed by atoms with E-state index in [1.54, 1.807) is 19.2 Å². The molecule has 6 nitrogen and oxygen atoms in total. The summed E-state index contributed by atoms with van der Waals surface area (Å²) in [4.78, 5) is 12.6. The maximum atomic E-state index is 12.6. The first-order valence-corrected chi connectivity index (χ1v) is 10.4. The number of sulfonamides is 1. The average molecular weight is 391 g/mol. The van der Waals surface area contributed by atoms with Crippen molar-refractivity contribution in [1.29, 1.82) is 0 Å². The number of ether oxygens (including phenoxy) is 1. The van der Waals surface area contributed by atoms with Crippen molar-refractivity contribution >= 4 is 21.6 Å². The lowest BCUT2D eigenvalue weighted by atomic mass is 10.1. The van der Waals surface area contributed by atoms with Gasteiger partial charge >= 0.3 is 0 Å². The molecule has 1 unspecified atom stereocenters. The smallest absolute Gasteiger partial charge is 0.241 e. The molecule has 0 heterocycles. The molecule has 0 aliphatic carbocycles. The van der Waals surface area contributed by atoms with E-state index < -0.39 is 15.9 Å². The van der Waals surface area contributed by atoms with Crippen LogP contribution in [0.3, 0.4) is 0 Å². The summed E-state index contributed by atoms with van der Waals surface area (Å²) in [5.41, 5.74) is 3.17. The number of nitrogens with one attached hydrogen (secondary N) is 1. The number of anilines is 1. The summed E-state index contributed by atoms with van der Waals surface area (Å²) >= 11 is 0. The van der Waals surface area contributed by atoms with Gasteiger partial charge in [0.25, 0.3) is 0 Å². The number of hydrogen-bond acceptors (Lipinski definition) is 4. The van der Waals surface area contributed by atoms with E-state index in [4.69, 9.17) is 4.74 Å². The van der Waals surface area contributed by atoms with Gasteiger partial charge in [-0.3, -0.25) is 9.10 Å². The number of aryl methyl sites for hydroxylation is 2. The maximum Gasteiger partial charge on any atom is 0.241 e. The summed E-state index contributed by atoms with van der Waals surface area (Å²) < 4.78 is 31.0. The Morgan fingerprint density at radius 2 is 1.74 bits per heavy atom. The zero-order chi connectivity index (χ0) is 20.2. The first-order valence-electron chi connectivity index (χ1n) is 8.60. The Kier molecular flexibility index (Phi) is 6.49. The molecule has 27 heavy (non-hydrogen) atoms. The molecule has 7 heteroatoms. The minimum Gasteiger partial charge on any atom is -0.496 e. The molecule has 1 N–H and O–H groups in total. The van der Waals surface area contributed by atoms with Crippen molar-refractivity contribution in [3.63, 3.8) is 0 Å². The summed E-state index contributed by atoms with van der Waals surface area (Å²) in [7, 11) is -2.04. The second-order valence-electron chi connectivity index (χ2n) is 6.65. The minimum atomic E-state index is -3.61. The van der Waals surface area contributed by atoms with Crippen LogP contribution in [0.1, 0.15) is 29.7 Å². The van der Waals surface area contributed by atoms with E-state index in [0.717, 1.165) is 27.3 Å². The molecule has 0 aliphatic heterocycles. The quantitative estimate of drug-likeness (QED) is 0.789. The lowest BCUT2D eigenvalue weighted by Gasteiger charge is -2.24. The molecule has 2 rings (SSSR count). The highest BCUT2D eigenvalue weighted by molar-refractivity contribution is 7.92. The van der Waals surface area contributed by atoms with E-state index in [1.165, 1.54) is 0 Å². The highest BCUT2D eigenvalue weighted by Gasteiger charge is 2.23. The van der Waals surface area contributed by atoms with Crippen molar-refractivity contribution in [3.05, 3.63) is 59.2 Å². The predicted molar refractivity (Wildman–Crippen MR) is 108 cm³/mol. The molecule has 0 radical (unpaired) electrons. The highest BCUT2D eigenvalue weighted by atomic mass is 32.2. The van der Waals surface area contributed by atoms with E-state index >= 15 is 0 Å². The number of rotatable bonds is 7. The predicted octanol–water partition coefficient (Wildman–Crippen LogP) is 2.96. The van der Waals surface area contributed by atoms with Crippen LogP contribution in [0.2, 0.25) is 0 Å². The fraction of sp³-hybridized carbons (Fsp3) is 0.350. The zero-order valence-corrected chi connectivity index (χ0v) is 17.1. The van der Waals surface area contributed by atoms with Crippen molar-refractivity contribution in [2.75, 3.05) is 24.2 Å². The van der Waals surface area contributed by atoms with Crippen LogP contribution in [0, 0.1) is 13.8 Å². The summed E-state index contributed by atoms with van der Waals surface area (Å²) in [5, 5.41) is 2.85. The van der Waals surface area contributed by atoms with Crippen LogP contribution in [-0.2, 0) is 14.8 Å². The van der Waals surface area contributed by atoms with Crippen molar-refractivity contribution in [2.45, 2.75) is 26.8 Å². The Morgan fingerprint density at radius 1 is 1.15 bits per heavy atom. The fourth-order valence-corrected chi connectivity index (χ4v) is 3.85. The van der Waals surface area contributed by atoms with Crippen molar-refractivity contribution < 1.29 is 17.9 Å². The summed E-state index contributed by atoms with van der Waals surface area (Å²) in [6.45, 7) is 5.32. The SMILES string of the molecule is COc1ccccc1C(C)NC(=O)CN(c1cc(C)cc(C)c1)S(C)(=O)=O. The second-order valence-corrected chi connectivity index (χ2v) is 8.55. The van der Waals surface area contributed by atoms with E-state index in [0.29, 0.717) is 11.4 Å². The van der Waals surface area contributed by atoms with Crippen LogP contribution in [-0.4, -0.2) is 34.2 Å². The van der Waals surface area contributed by atoms with E-state index in [-0.39, 0.29) is 12.6 Å². The first kappa shape index (κ1) is 20.8. The summed E-state index contributed by atoms with van der Waals surface area (Å²) in [6, 6.07) is 12.5. The van der Waals surface area contributed by atoms with E-state index in [9.17, 15) is 13.2 Å². The molecule has 0 saturated heterocycles. The standard InChI is InChI=1S/C20H26N2O4S/c1-14-10-15(2)12-17(11-14)22(27(5,24)25)13-20(23)21-16(3)18-8-6-7-9-19(18)26-4/h6-12,16H,13H2,1-5H3,(H,21,23). The van der Waals surface area contributed by atoms with Crippen molar-refractivity contribution in [1.82, 2.24) is 5.32 Å². The molecule has 2 aromatic rings. The number of methoxy groups -OCH3 is 1. The normalized spacial score (nSPS) is 12.3. The van der Waals surface area contributed by atoms with Gasteiger partial charge in [-0.05, 0) is 50.1 Å². The number of carbonyl (C=O) groups is 1. The molecule has 146 valence electrons. The van der Waals surface area contributed by atoms with Crippen LogP contribution < -0.4 is 14.4 Å². The zero-order valence-electron chi connectivity index (χ0n) is 16.3. The van der Waals surface area contributed by atoms with Gasteiger partial charge in [-0.25, -0.2) is 8.42 Å². The van der Waals surface area contributed by atoms with Gasteiger partial charge in [-0.2, -0.15) is 0 Å². The third-order valence-corrected chi connectivity index (χ3v) is 5.31. The van der Waals surface area contributed by atoms with Gasteiger partial charge in [0.05, 0.1) is 25.1 Å². The van der Waals surface area contributed by atoms with Crippen LogP contribution in [0.5, 0.6) is 5.75 Å². The van der Waals surface area contributed by atoms with Gasteiger partial charge in [0, 0.05) is 5.56 Å². The third kappa shape index (κ3) is 5.47. The molecule has 0 aromatic heterocycles. The van der Waals surface area contributed by atoms with Crippen LogP contribution in [0.4, 0.5) is 5.69 Å². The van der Waals surface area contributed by atoms with Crippen molar-refractivity contribution in [2.24, 2.45) is 0 Å². The van der Waals surface area contributed by atoms with Gasteiger partial charge in [-0.15, -0.1) is 0 Å². The molecule has 1 atom stereocenters. The number of para-hydroxylation sites is 1. The Labute approximate surface area is 161 Å². The molecule has 2 aromatic carbocycles. The Morgan fingerprint density at radius 3 is 2.30 bits per heavy atom. The summed E-state index contributed by atoms with van der Waals surface area (Å²) in [6.07, 6.45) is 1.10. The average Bonchev–Trinajstić information content (AvgIpc) is 2.57. The van der Waals surface area contributed by atoms with Gasteiger partial charge in [0.2, 0.25) is 15.9 Å². The van der Waals surface area contributed by atoms with Crippen LogP contribution in [0.15, 0.2) is 42.5 Å². The number of amides is 1. The van der Waals surface area contributed by atoms with E-state index in [2.05, 4.69) is 5.32 Å². The third-order valence-electron chi connectivity index (χ3n) is 4.16. The summed E-state index contributed by atoms with van der Waals surface area (Å²) in [5.74, 6) is 0.276. The van der Waals surface area contributed by atoms with Crippen molar-refractivity contribution in [3.8, 4) is 5.75 Å². The molecule has 0 bridgehead atoms. The first-order chi connectivity index (χ1) is 12.6. The lowest BCUT2D eigenvalue weighted by Crippen LogP contribution is -2.41. The largest absolute Gasteiger partial charge is 0.496 e. The monoisotopic (exact) mass is 390 g/mol. The Hall–Kier alpha value is -2.54. The minimum absolute atomic E-state index is 0.290. The Balaban J connectivity index is 2.22. The Bertz CT molecular complexity index is 905. The lowest BCUT2D eigenvalue weighted by molar-refractivity contribution is -0.120. The molecule has 0 saturated carbocycles. The molecule has 1 amide bonds. The van der Waals surface area contributed by atoms with Crippen LogP contribution in [0.25, 0.3) is 0 Å². The van der Waals surface area contributed by atoms with Gasteiger partial charge < -0.3 is 10.1 Å². The molecule has 0 fully saturated rings. The molecule has 0 aliphatic rings. The van der Waals surface area contributed by atoms with Gasteiger partial charge in [-0.1, -0.05) is 24.3 Å². The molecular weight excluding hydrogens is 364 g/mol. The number of carbonyl (C=O) groups excluding carboxylic acids is 1. The van der Waals surface area contributed by atoms with E-state index in [1.807, 2.05) is 51.1 Å². The maximum absolute atomic E-state index is 12.6. The molecule has 0 spiro atoms. The number of nitrogens with zero attached hydrogens (tertiary/aromatic N) is 1. The second kappa shape index (κ2) is 8.43. The number of hydrogen-bond donors (Lipinski definition) is 1. The fourth-order valence-electron chi connectivity index (χ4n) is 3.01. The van der Waals surface area contributed by atoms with Crippen LogP contribution >= 0.6 is 0 Å². The van der Waals surface area contributed by atoms with Gasteiger partial charge in [0.15, 0.2) is 0 Å². The molecular formula is C20H26N2O4S. The topological polar surface area (TPSA) is 75.7 Å². The van der Waals surface area contributed by atoms with Gasteiger partial charge in [0.1, 0.15) is 12.3 Å². The highest BCUT2D eigenvalue weighted by Crippen LogP contribution is 2.25.